The van der Waals surface area contributed by atoms with E-state index >= 15 is 0 Å². The summed E-state index contributed by atoms with van der Waals surface area (Å²) in [6.45, 7) is 20.5. The van der Waals surface area contributed by atoms with Crippen LogP contribution in [0, 0.1) is 62.3 Å². The first-order valence-electron chi connectivity index (χ1n) is 10.3. The molecule has 0 fully saturated rings. The van der Waals surface area contributed by atoms with E-state index in [4.69, 9.17) is 0 Å². The zero-order valence-electron chi connectivity index (χ0n) is 19.0. The minimum absolute atomic E-state index is 0. The maximum absolute atomic E-state index is 2.34. The van der Waals surface area contributed by atoms with Gasteiger partial charge in [-0.25, -0.2) is 0 Å². The van der Waals surface area contributed by atoms with Gasteiger partial charge in [0, 0.05) is 0 Å². The van der Waals surface area contributed by atoms with Crippen molar-refractivity contribution in [3.8, 4) is 0 Å². The Kier molecular flexibility index (Phi) is 7.32. The van der Waals surface area contributed by atoms with Gasteiger partial charge in [-0.05, 0) is 62.3 Å². The van der Waals surface area contributed by atoms with Gasteiger partial charge in [0.05, 0.1) is 0 Å². The van der Waals surface area contributed by atoms with Crippen LogP contribution >= 0.6 is 0 Å². The van der Waals surface area contributed by atoms with Crippen LogP contribution < -0.4 is 16.4 Å². The van der Waals surface area contributed by atoms with Crippen molar-refractivity contribution in [2.45, 2.75) is 62.3 Å². The molecule has 0 aliphatic heterocycles. The van der Waals surface area contributed by atoms with Gasteiger partial charge in [0.15, 0.2) is 0 Å². The Morgan fingerprint density at radius 3 is 0.724 bits per heavy atom. The van der Waals surface area contributed by atoms with Crippen molar-refractivity contribution in [3.63, 3.8) is 0 Å². The van der Waals surface area contributed by atoms with E-state index in [9.17, 15) is 0 Å². The normalized spacial score (nSPS) is 10.7. The van der Waals surface area contributed by atoms with Crippen LogP contribution in [0.15, 0.2) is 36.4 Å². The summed E-state index contributed by atoms with van der Waals surface area (Å²) in [5.41, 5.74) is 16.8. The van der Waals surface area contributed by atoms with Gasteiger partial charge in [-0.15, -0.1) is 0 Å². The van der Waals surface area contributed by atoms with Crippen molar-refractivity contribution in [2.75, 3.05) is 0 Å². The Hall–Kier alpha value is -1.68. The molecule has 0 saturated heterocycles. The van der Waals surface area contributed by atoms with Crippen LogP contribution in [0.1, 0.15) is 50.1 Å². The molecule has 0 N–H and O–H groups in total. The van der Waals surface area contributed by atoms with E-state index in [0.717, 1.165) is 0 Å². The second kappa shape index (κ2) is 8.99. The van der Waals surface area contributed by atoms with Crippen molar-refractivity contribution < 1.29 is 0 Å². The molecule has 0 amide bonds. The summed E-state index contributed by atoms with van der Waals surface area (Å²) in [7, 11) is 0. The van der Waals surface area contributed by atoms with Gasteiger partial charge in [-0.2, -0.15) is 0 Å². The number of rotatable bonds is 3. The SMILES string of the molecule is Cc1cc(C)c(B(c2c(C)cc(C)cc2C)c2c(C)cc(C)cc2C)c(C)c1.[LiH]. The second-order valence-electron chi connectivity index (χ2n) is 8.87. The van der Waals surface area contributed by atoms with E-state index < -0.39 is 0 Å². The second-order valence-corrected chi connectivity index (χ2v) is 8.87. The van der Waals surface area contributed by atoms with Gasteiger partial charge in [-0.1, -0.05) is 103 Å². The average Bonchev–Trinajstić information content (AvgIpc) is 2.51. The fourth-order valence-corrected chi connectivity index (χ4v) is 5.37. The van der Waals surface area contributed by atoms with E-state index in [1.54, 1.807) is 0 Å². The average molecular weight is 376 g/mol. The van der Waals surface area contributed by atoms with Gasteiger partial charge >= 0.3 is 18.9 Å². The predicted molar refractivity (Wildman–Crippen MR) is 134 cm³/mol. The number of benzene rings is 3. The molecule has 0 aliphatic carbocycles. The van der Waals surface area contributed by atoms with Gasteiger partial charge in [0.25, 0.3) is 0 Å². The topological polar surface area (TPSA) is 0 Å². The predicted octanol–water partition coefficient (Wildman–Crippen LogP) is 4.33. The van der Waals surface area contributed by atoms with Gasteiger partial charge in [0.1, 0.15) is 0 Å². The molecule has 0 saturated carbocycles. The van der Waals surface area contributed by atoms with Crippen LogP contribution in [0.25, 0.3) is 0 Å². The Bertz CT molecular complexity index is 856. The molecule has 0 bridgehead atoms. The zero-order valence-corrected chi connectivity index (χ0v) is 19.0. The van der Waals surface area contributed by atoms with Crippen LogP contribution in [0.3, 0.4) is 0 Å². The monoisotopic (exact) mass is 376 g/mol. The molecule has 0 nitrogen and oxygen atoms in total. The third-order valence-corrected chi connectivity index (χ3v) is 6.08. The molecular weight excluding hydrogens is 342 g/mol. The first-order valence-corrected chi connectivity index (χ1v) is 10.3. The Balaban J connectivity index is 0.00000300. The first-order chi connectivity index (χ1) is 13.1. The molecular formula is C27H34BLi. The molecule has 0 unspecified atom stereocenters. The number of hydrogen-bond donors (Lipinski definition) is 0. The fraction of sp³-hybridized carbons (Fsp3) is 0.333. The van der Waals surface area contributed by atoms with Gasteiger partial charge in [0.2, 0.25) is 6.71 Å². The molecule has 0 spiro atoms. The van der Waals surface area contributed by atoms with E-state index in [1.807, 2.05) is 0 Å². The summed E-state index contributed by atoms with van der Waals surface area (Å²) in [6, 6.07) is 14.0. The van der Waals surface area contributed by atoms with Crippen LogP contribution in [-0.2, 0) is 0 Å². The maximum atomic E-state index is 2.34. The summed E-state index contributed by atoms with van der Waals surface area (Å²) in [6.07, 6.45) is 0. The molecule has 3 rings (SSSR count). The summed E-state index contributed by atoms with van der Waals surface area (Å²) < 4.78 is 0. The minimum atomic E-state index is 0. The van der Waals surface area contributed by atoms with E-state index in [0.29, 0.717) is 0 Å². The van der Waals surface area contributed by atoms with Crippen LogP contribution in [0.2, 0.25) is 0 Å². The number of hydrogen-bond acceptors (Lipinski definition) is 0. The van der Waals surface area contributed by atoms with Crippen molar-refractivity contribution >= 4 is 42.0 Å². The molecule has 29 heavy (non-hydrogen) atoms. The summed E-state index contributed by atoms with van der Waals surface area (Å²) >= 11 is 0. The van der Waals surface area contributed by atoms with Crippen molar-refractivity contribution in [1.29, 1.82) is 0 Å². The molecule has 0 radical (unpaired) electrons. The van der Waals surface area contributed by atoms with Crippen LogP contribution in [0.4, 0.5) is 0 Å². The molecule has 0 aliphatic rings. The summed E-state index contributed by atoms with van der Waals surface area (Å²) in [5.74, 6) is 0. The molecule has 2 heteroatoms. The van der Waals surface area contributed by atoms with Crippen molar-refractivity contribution in [3.05, 3.63) is 86.5 Å². The molecule has 146 valence electrons. The van der Waals surface area contributed by atoms with Crippen molar-refractivity contribution in [2.24, 2.45) is 0 Å². The molecule has 3 aromatic carbocycles. The Morgan fingerprint density at radius 1 is 0.379 bits per heavy atom. The van der Waals surface area contributed by atoms with Crippen LogP contribution in [-0.4, -0.2) is 25.6 Å². The van der Waals surface area contributed by atoms with Gasteiger partial charge in [-0.3, -0.25) is 0 Å². The van der Waals surface area contributed by atoms with E-state index in [-0.39, 0.29) is 25.6 Å². The quantitative estimate of drug-likeness (QED) is 0.597. The van der Waals surface area contributed by atoms with E-state index in [1.165, 1.54) is 66.5 Å². The number of aryl methyl sites for hydroxylation is 9. The molecule has 0 atom stereocenters. The van der Waals surface area contributed by atoms with E-state index in [2.05, 4.69) is 98.7 Å². The van der Waals surface area contributed by atoms with Gasteiger partial charge < -0.3 is 0 Å². The standard InChI is InChI=1S/C27H33B.Li.H/c1-16-10-19(4)25(20(5)11-16)28(26-21(6)12-17(2)13-22(26)7)27-23(8)14-18(3)15-24(27)9;;/h10-15H,1-9H3;;. The zero-order chi connectivity index (χ0) is 20.7. The summed E-state index contributed by atoms with van der Waals surface area (Å²) in [5, 5.41) is 0. The third-order valence-electron chi connectivity index (χ3n) is 6.08. The Morgan fingerprint density at radius 2 is 0.552 bits per heavy atom. The summed E-state index contributed by atoms with van der Waals surface area (Å²) in [4.78, 5) is 0. The fourth-order valence-electron chi connectivity index (χ4n) is 5.37. The first kappa shape index (κ1) is 23.6. The molecule has 3 aromatic rings. The van der Waals surface area contributed by atoms with Crippen LogP contribution in [0.5, 0.6) is 0 Å². The van der Waals surface area contributed by atoms with Crippen molar-refractivity contribution in [1.82, 2.24) is 0 Å². The Labute approximate surface area is 190 Å². The molecule has 0 aromatic heterocycles. The molecule has 0 heterocycles. The third kappa shape index (κ3) is 4.58.